The summed E-state index contributed by atoms with van der Waals surface area (Å²) in [5.41, 5.74) is 5.53. The molecule has 1 aliphatic rings. The number of hydrogen-bond donors (Lipinski definition) is 1. The topological polar surface area (TPSA) is 38.5 Å². The number of hydrogen-bond acceptors (Lipinski definition) is 3. The lowest BCUT2D eigenvalue weighted by molar-refractivity contribution is -0.137. The molecule has 0 bridgehead atoms. The maximum atomic E-state index is 12.6. The van der Waals surface area contributed by atoms with Crippen LogP contribution >= 0.6 is 28.1 Å². The Kier molecular flexibility index (Phi) is 4.55. The van der Waals surface area contributed by atoms with Crippen LogP contribution in [0.4, 0.5) is 18.9 Å². The van der Waals surface area contributed by atoms with Crippen LogP contribution in [0.3, 0.4) is 0 Å². The Morgan fingerprint density at radius 1 is 1.45 bits per heavy atom. The van der Waals surface area contributed by atoms with E-state index >= 15 is 0 Å². The van der Waals surface area contributed by atoms with E-state index in [-0.39, 0.29) is 11.1 Å². The fourth-order valence-corrected chi connectivity index (χ4v) is 2.75. The molecule has 1 aliphatic heterocycles. The standard InChI is InChI=1S/C12H12BrF3N2OS/c13-8-5-7(12(14,15)16)1-2-9(8)18-3-4-19-10(6-18)11(17)20/h1-2,5,10H,3-4,6H2,(H2,17,20). The highest BCUT2D eigenvalue weighted by Crippen LogP contribution is 2.35. The predicted octanol–water partition coefficient (Wildman–Crippen LogP) is 2.96. The summed E-state index contributed by atoms with van der Waals surface area (Å²) < 4.78 is 43.7. The molecule has 0 saturated carbocycles. The first kappa shape index (κ1) is 15.5. The Morgan fingerprint density at radius 2 is 2.15 bits per heavy atom. The number of ether oxygens (including phenoxy) is 1. The average molecular weight is 369 g/mol. The van der Waals surface area contributed by atoms with Crippen molar-refractivity contribution in [2.75, 3.05) is 24.6 Å². The molecule has 1 saturated heterocycles. The van der Waals surface area contributed by atoms with Crippen LogP contribution in [0.5, 0.6) is 0 Å². The highest BCUT2D eigenvalue weighted by Gasteiger charge is 2.31. The SMILES string of the molecule is NC(=S)C1CN(c2ccc(C(F)(F)F)cc2Br)CCO1. The third-order valence-corrected chi connectivity index (χ3v) is 3.90. The maximum absolute atomic E-state index is 12.6. The normalized spacial score (nSPS) is 20.0. The molecule has 1 aromatic carbocycles. The van der Waals surface area contributed by atoms with Crippen molar-refractivity contribution in [3.05, 3.63) is 28.2 Å². The molecule has 0 amide bonds. The number of rotatable bonds is 2. The first-order valence-corrected chi connectivity index (χ1v) is 7.02. The number of nitrogens with two attached hydrogens (primary N) is 1. The minimum absolute atomic E-state index is 0.248. The summed E-state index contributed by atoms with van der Waals surface area (Å²) in [4.78, 5) is 2.15. The summed E-state index contributed by atoms with van der Waals surface area (Å²) in [5.74, 6) is 0. The molecule has 0 radical (unpaired) electrons. The second kappa shape index (κ2) is 5.87. The van der Waals surface area contributed by atoms with Gasteiger partial charge in [0.25, 0.3) is 0 Å². The molecule has 110 valence electrons. The van der Waals surface area contributed by atoms with Crippen LogP contribution in [0.2, 0.25) is 0 Å². The first-order chi connectivity index (χ1) is 9.29. The van der Waals surface area contributed by atoms with E-state index in [1.54, 1.807) is 0 Å². The highest BCUT2D eigenvalue weighted by atomic mass is 79.9. The van der Waals surface area contributed by atoms with Crippen LogP contribution in [0.15, 0.2) is 22.7 Å². The molecule has 1 heterocycles. The largest absolute Gasteiger partial charge is 0.416 e. The molecule has 8 heteroatoms. The molecule has 0 aliphatic carbocycles. The quantitative estimate of drug-likeness (QED) is 0.814. The van der Waals surface area contributed by atoms with Crippen LogP contribution in [0.1, 0.15) is 5.56 Å². The van der Waals surface area contributed by atoms with Gasteiger partial charge in [-0.15, -0.1) is 0 Å². The number of anilines is 1. The van der Waals surface area contributed by atoms with Crippen LogP contribution < -0.4 is 10.6 Å². The number of benzene rings is 1. The minimum atomic E-state index is -4.35. The Morgan fingerprint density at radius 3 is 2.70 bits per heavy atom. The molecular weight excluding hydrogens is 357 g/mol. The number of alkyl halides is 3. The Balaban J connectivity index is 2.23. The van der Waals surface area contributed by atoms with Gasteiger partial charge in [0.2, 0.25) is 0 Å². The van der Waals surface area contributed by atoms with E-state index in [4.69, 9.17) is 22.7 Å². The van der Waals surface area contributed by atoms with E-state index in [0.29, 0.717) is 29.9 Å². The van der Waals surface area contributed by atoms with Crippen molar-refractivity contribution < 1.29 is 17.9 Å². The van der Waals surface area contributed by atoms with E-state index in [1.165, 1.54) is 6.07 Å². The molecule has 1 unspecified atom stereocenters. The molecule has 0 aromatic heterocycles. The lowest BCUT2D eigenvalue weighted by atomic mass is 10.1. The van der Waals surface area contributed by atoms with Gasteiger partial charge in [0, 0.05) is 11.0 Å². The fraction of sp³-hybridized carbons (Fsp3) is 0.417. The molecule has 1 aromatic rings. The van der Waals surface area contributed by atoms with Crippen LogP contribution in [-0.2, 0) is 10.9 Å². The lowest BCUT2D eigenvalue weighted by Gasteiger charge is -2.34. The van der Waals surface area contributed by atoms with Gasteiger partial charge < -0.3 is 15.4 Å². The van der Waals surface area contributed by atoms with Gasteiger partial charge in [-0.3, -0.25) is 0 Å². The molecule has 20 heavy (non-hydrogen) atoms. The van der Waals surface area contributed by atoms with Crippen molar-refractivity contribution in [1.82, 2.24) is 0 Å². The Hall–Kier alpha value is -0.860. The molecule has 3 nitrogen and oxygen atoms in total. The van der Waals surface area contributed by atoms with Gasteiger partial charge in [-0.25, -0.2) is 0 Å². The van der Waals surface area contributed by atoms with E-state index in [2.05, 4.69) is 15.9 Å². The van der Waals surface area contributed by atoms with Crippen molar-refractivity contribution in [2.24, 2.45) is 5.73 Å². The maximum Gasteiger partial charge on any atom is 0.416 e. The molecule has 1 atom stereocenters. The third-order valence-electron chi connectivity index (χ3n) is 3.00. The van der Waals surface area contributed by atoms with E-state index in [0.717, 1.165) is 12.1 Å². The molecule has 0 spiro atoms. The zero-order valence-corrected chi connectivity index (χ0v) is 12.7. The molecule has 2 rings (SSSR count). The van der Waals surface area contributed by atoms with Crippen LogP contribution in [0, 0.1) is 0 Å². The summed E-state index contributed by atoms with van der Waals surface area (Å²) in [6, 6.07) is 3.57. The second-order valence-electron chi connectivity index (χ2n) is 4.37. The van der Waals surface area contributed by atoms with E-state index in [1.807, 2.05) is 4.90 Å². The van der Waals surface area contributed by atoms with Gasteiger partial charge in [-0.2, -0.15) is 13.2 Å². The van der Waals surface area contributed by atoms with Gasteiger partial charge in [0.15, 0.2) is 0 Å². The van der Waals surface area contributed by atoms with Crippen LogP contribution in [0.25, 0.3) is 0 Å². The smallest absolute Gasteiger partial charge is 0.391 e. The number of halogens is 4. The monoisotopic (exact) mass is 368 g/mol. The summed E-state index contributed by atoms with van der Waals surface area (Å²) in [6.07, 6.45) is -4.74. The zero-order chi connectivity index (χ0) is 14.9. The average Bonchev–Trinajstić information content (AvgIpc) is 2.37. The third kappa shape index (κ3) is 3.42. The van der Waals surface area contributed by atoms with Gasteiger partial charge in [0.05, 0.1) is 24.4 Å². The molecule has 1 fully saturated rings. The highest BCUT2D eigenvalue weighted by molar-refractivity contribution is 9.10. The van der Waals surface area contributed by atoms with Crippen molar-refractivity contribution in [1.29, 1.82) is 0 Å². The summed E-state index contributed by atoms with van der Waals surface area (Å²) in [5, 5.41) is 0. The molecule has 2 N–H and O–H groups in total. The van der Waals surface area contributed by atoms with Crippen molar-refractivity contribution in [3.63, 3.8) is 0 Å². The van der Waals surface area contributed by atoms with Crippen LogP contribution in [-0.4, -0.2) is 30.8 Å². The number of morpholine rings is 1. The van der Waals surface area contributed by atoms with Gasteiger partial charge in [0.1, 0.15) is 11.1 Å². The number of nitrogens with zero attached hydrogens (tertiary/aromatic N) is 1. The van der Waals surface area contributed by atoms with Crippen molar-refractivity contribution >= 4 is 38.8 Å². The molecular formula is C12H12BrF3N2OS. The van der Waals surface area contributed by atoms with Gasteiger partial charge in [-0.1, -0.05) is 12.2 Å². The Bertz CT molecular complexity index is 524. The summed E-state index contributed by atoms with van der Waals surface area (Å²) in [6.45, 7) is 1.43. The van der Waals surface area contributed by atoms with Crippen molar-refractivity contribution in [3.8, 4) is 0 Å². The summed E-state index contributed by atoms with van der Waals surface area (Å²) >= 11 is 8.07. The Labute approximate surface area is 128 Å². The zero-order valence-electron chi connectivity index (χ0n) is 10.3. The second-order valence-corrected chi connectivity index (χ2v) is 5.70. The van der Waals surface area contributed by atoms with Gasteiger partial charge in [-0.05, 0) is 34.1 Å². The first-order valence-electron chi connectivity index (χ1n) is 5.81. The van der Waals surface area contributed by atoms with E-state index in [9.17, 15) is 13.2 Å². The minimum Gasteiger partial charge on any atom is -0.391 e. The number of thiocarbonyl (C=S) groups is 1. The van der Waals surface area contributed by atoms with E-state index < -0.39 is 11.7 Å². The van der Waals surface area contributed by atoms with Gasteiger partial charge >= 0.3 is 6.18 Å². The fourth-order valence-electron chi connectivity index (χ4n) is 1.98. The van der Waals surface area contributed by atoms with Crippen molar-refractivity contribution in [2.45, 2.75) is 12.3 Å². The lowest BCUT2D eigenvalue weighted by Crippen LogP contribution is -2.48. The summed E-state index contributed by atoms with van der Waals surface area (Å²) in [7, 11) is 0. The predicted molar refractivity (Wildman–Crippen MR) is 77.9 cm³/mol.